The molecule has 0 saturated heterocycles. The molecule has 2 aromatic rings. The Balaban J connectivity index is 1.90. The molecule has 1 heterocycles. The van der Waals surface area contributed by atoms with Gasteiger partial charge in [-0.15, -0.1) is 0 Å². The third-order valence-electron chi connectivity index (χ3n) is 3.88. The number of carbonyl (C=O) groups excluding carboxylic acids is 3. The molecule has 0 aromatic heterocycles. The summed E-state index contributed by atoms with van der Waals surface area (Å²) in [6.07, 6.45) is 0. The van der Waals surface area contributed by atoms with Crippen LogP contribution in [-0.4, -0.2) is 30.9 Å². The average molecular weight is 349 g/mol. The number of hydrogen-bond donors (Lipinski definition) is 1. The number of nitrogens with zero attached hydrogens (tertiary/aromatic N) is 2. The van der Waals surface area contributed by atoms with Crippen LogP contribution in [-0.2, 0) is 0 Å². The van der Waals surface area contributed by atoms with Crippen molar-refractivity contribution in [2.45, 2.75) is 6.92 Å². The summed E-state index contributed by atoms with van der Waals surface area (Å²) in [7, 11) is 0. The second-order valence-electron chi connectivity index (χ2n) is 5.47. The van der Waals surface area contributed by atoms with Crippen LogP contribution in [0.3, 0.4) is 0 Å². The maximum absolute atomic E-state index is 12.7. The molecule has 0 radical (unpaired) electrons. The number of nitrogens with one attached hydrogen (secondary N) is 1. The maximum atomic E-state index is 12.7. The SMILES string of the molecule is CCOc1ccc(N2C(=O)c3ccc(C(=O)NCC#N)cc3C2=O)cc1. The Hall–Kier alpha value is -3.66. The van der Waals surface area contributed by atoms with E-state index in [-0.39, 0.29) is 23.2 Å². The summed E-state index contributed by atoms with van der Waals surface area (Å²) in [5.74, 6) is -0.777. The molecule has 3 rings (SSSR count). The van der Waals surface area contributed by atoms with Crippen LogP contribution < -0.4 is 15.0 Å². The highest BCUT2D eigenvalue weighted by Gasteiger charge is 2.37. The van der Waals surface area contributed by atoms with Crippen molar-refractivity contribution < 1.29 is 19.1 Å². The van der Waals surface area contributed by atoms with Gasteiger partial charge in [-0.2, -0.15) is 5.26 Å². The molecule has 0 spiro atoms. The van der Waals surface area contributed by atoms with E-state index in [0.29, 0.717) is 18.0 Å². The van der Waals surface area contributed by atoms with Gasteiger partial charge in [0.15, 0.2) is 0 Å². The molecule has 1 aliphatic rings. The van der Waals surface area contributed by atoms with Crippen LogP contribution in [0.1, 0.15) is 38.0 Å². The highest BCUT2D eigenvalue weighted by Crippen LogP contribution is 2.30. The summed E-state index contributed by atoms with van der Waals surface area (Å²) in [5.41, 5.74) is 1.04. The summed E-state index contributed by atoms with van der Waals surface area (Å²) in [6, 6.07) is 12.7. The molecule has 7 nitrogen and oxygen atoms in total. The number of carbonyl (C=O) groups is 3. The minimum Gasteiger partial charge on any atom is -0.494 e. The maximum Gasteiger partial charge on any atom is 0.266 e. The monoisotopic (exact) mass is 349 g/mol. The molecule has 1 N–H and O–H groups in total. The van der Waals surface area contributed by atoms with Crippen molar-refractivity contribution >= 4 is 23.4 Å². The lowest BCUT2D eigenvalue weighted by atomic mass is 10.1. The van der Waals surface area contributed by atoms with E-state index in [1.54, 1.807) is 24.3 Å². The summed E-state index contributed by atoms with van der Waals surface area (Å²) in [4.78, 5) is 38.3. The van der Waals surface area contributed by atoms with Gasteiger partial charge in [0.25, 0.3) is 17.7 Å². The normalized spacial score (nSPS) is 12.5. The average Bonchev–Trinajstić information content (AvgIpc) is 2.91. The van der Waals surface area contributed by atoms with E-state index in [9.17, 15) is 14.4 Å². The first-order chi connectivity index (χ1) is 12.6. The van der Waals surface area contributed by atoms with Crippen LogP contribution in [0.5, 0.6) is 5.75 Å². The molecule has 3 amide bonds. The highest BCUT2D eigenvalue weighted by molar-refractivity contribution is 6.34. The number of anilines is 1. The molecule has 0 unspecified atom stereocenters. The van der Waals surface area contributed by atoms with E-state index in [4.69, 9.17) is 10.00 Å². The van der Waals surface area contributed by atoms with Gasteiger partial charge < -0.3 is 10.1 Å². The van der Waals surface area contributed by atoms with Crippen molar-refractivity contribution in [3.63, 3.8) is 0 Å². The number of nitriles is 1. The number of fused-ring (bicyclic) bond motifs is 1. The fourth-order valence-corrected chi connectivity index (χ4v) is 2.70. The highest BCUT2D eigenvalue weighted by atomic mass is 16.5. The first kappa shape index (κ1) is 17.2. The molecule has 0 aliphatic carbocycles. The molecule has 0 fully saturated rings. The zero-order chi connectivity index (χ0) is 18.7. The van der Waals surface area contributed by atoms with E-state index in [0.717, 1.165) is 4.90 Å². The minimum atomic E-state index is -0.496. The molecular formula is C19H15N3O4. The Morgan fingerprint density at radius 3 is 2.46 bits per heavy atom. The number of benzene rings is 2. The van der Waals surface area contributed by atoms with Crippen LogP contribution in [0.25, 0.3) is 0 Å². The van der Waals surface area contributed by atoms with Crippen LogP contribution >= 0.6 is 0 Å². The van der Waals surface area contributed by atoms with E-state index in [2.05, 4.69) is 5.32 Å². The minimum absolute atomic E-state index is 0.138. The third kappa shape index (κ3) is 3.00. The lowest BCUT2D eigenvalue weighted by Gasteiger charge is -2.14. The van der Waals surface area contributed by atoms with Gasteiger partial charge in [-0.05, 0) is 49.4 Å². The van der Waals surface area contributed by atoms with E-state index < -0.39 is 17.7 Å². The Labute approximate surface area is 149 Å². The first-order valence-electron chi connectivity index (χ1n) is 7.97. The summed E-state index contributed by atoms with van der Waals surface area (Å²) in [6.45, 7) is 2.24. The number of rotatable bonds is 5. The molecule has 0 bridgehead atoms. The predicted octanol–water partition coefficient (Wildman–Crippen LogP) is 2.14. The van der Waals surface area contributed by atoms with Gasteiger partial charge in [-0.3, -0.25) is 14.4 Å². The summed E-state index contributed by atoms with van der Waals surface area (Å²) < 4.78 is 5.36. The molecule has 130 valence electrons. The fourth-order valence-electron chi connectivity index (χ4n) is 2.70. The standard InChI is InChI=1S/C19H15N3O4/c1-2-26-14-6-4-13(5-7-14)22-18(24)15-8-3-12(11-16(15)19(22)25)17(23)21-10-9-20/h3-8,11H,2,10H2,1H3,(H,21,23). The van der Waals surface area contributed by atoms with Crippen molar-refractivity contribution in [3.05, 3.63) is 59.2 Å². The van der Waals surface area contributed by atoms with Gasteiger partial charge in [0.2, 0.25) is 0 Å². The molecule has 7 heteroatoms. The molecule has 26 heavy (non-hydrogen) atoms. The summed E-state index contributed by atoms with van der Waals surface area (Å²) >= 11 is 0. The van der Waals surface area contributed by atoms with Crippen LogP contribution in [0.2, 0.25) is 0 Å². The number of ether oxygens (including phenoxy) is 1. The van der Waals surface area contributed by atoms with Gasteiger partial charge in [-0.25, -0.2) is 4.90 Å². The molecule has 0 saturated carbocycles. The molecule has 2 aromatic carbocycles. The smallest absolute Gasteiger partial charge is 0.266 e. The van der Waals surface area contributed by atoms with Crippen LogP contribution in [0.15, 0.2) is 42.5 Å². The molecule has 1 aliphatic heterocycles. The lowest BCUT2D eigenvalue weighted by molar-refractivity contribution is 0.0924. The number of imide groups is 1. The lowest BCUT2D eigenvalue weighted by Crippen LogP contribution is -2.29. The zero-order valence-corrected chi connectivity index (χ0v) is 14.0. The van der Waals surface area contributed by atoms with Crippen molar-refractivity contribution in [1.82, 2.24) is 5.32 Å². The van der Waals surface area contributed by atoms with Crippen molar-refractivity contribution in [2.75, 3.05) is 18.1 Å². The quantitative estimate of drug-likeness (QED) is 0.658. The van der Waals surface area contributed by atoms with E-state index >= 15 is 0 Å². The third-order valence-corrected chi connectivity index (χ3v) is 3.88. The van der Waals surface area contributed by atoms with Gasteiger partial charge in [0, 0.05) is 5.56 Å². The van der Waals surface area contributed by atoms with Crippen LogP contribution in [0, 0.1) is 11.3 Å². The summed E-state index contributed by atoms with van der Waals surface area (Å²) in [5, 5.41) is 10.9. The zero-order valence-electron chi connectivity index (χ0n) is 14.0. The Kier molecular flexibility index (Phi) is 4.67. The fraction of sp³-hybridized carbons (Fsp3) is 0.158. The van der Waals surface area contributed by atoms with Gasteiger partial charge in [0.1, 0.15) is 12.3 Å². The predicted molar refractivity (Wildman–Crippen MR) is 93.1 cm³/mol. The Bertz CT molecular complexity index is 929. The van der Waals surface area contributed by atoms with Crippen molar-refractivity contribution in [3.8, 4) is 11.8 Å². The number of hydrogen-bond acceptors (Lipinski definition) is 5. The Morgan fingerprint density at radius 1 is 1.12 bits per heavy atom. The van der Waals surface area contributed by atoms with E-state index in [1.165, 1.54) is 18.2 Å². The second kappa shape index (κ2) is 7.07. The van der Waals surface area contributed by atoms with Gasteiger partial charge in [0.05, 0.1) is 29.5 Å². The molecule has 0 atom stereocenters. The van der Waals surface area contributed by atoms with Gasteiger partial charge >= 0.3 is 0 Å². The van der Waals surface area contributed by atoms with Crippen LogP contribution in [0.4, 0.5) is 5.69 Å². The second-order valence-corrected chi connectivity index (χ2v) is 5.47. The van der Waals surface area contributed by atoms with Crippen molar-refractivity contribution in [1.29, 1.82) is 5.26 Å². The van der Waals surface area contributed by atoms with Gasteiger partial charge in [-0.1, -0.05) is 0 Å². The largest absolute Gasteiger partial charge is 0.494 e. The topological polar surface area (TPSA) is 99.5 Å². The number of amides is 3. The van der Waals surface area contributed by atoms with Crippen molar-refractivity contribution in [2.24, 2.45) is 0 Å². The molecular weight excluding hydrogens is 334 g/mol. The van der Waals surface area contributed by atoms with E-state index in [1.807, 2.05) is 13.0 Å². The Morgan fingerprint density at radius 2 is 1.81 bits per heavy atom. The first-order valence-corrected chi connectivity index (χ1v) is 7.97.